The Morgan fingerprint density at radius 2 is 0.920 bits per heavy atom. The lowest BCUT2D eigenvalue weighted by Gasteiger charge is -2.21. The van der Waals surface area contributed by atoms with Gasteiger partial charge in [-0.3, -0.25) is 4.79 Å². The molecule has 2 N–H and O–H groups in total. The summed E-state index contributed by atoms with van der Waals surface area (Å²) >= 11 is 0. The number of hydrogen-bond acceptors (Lipinski definition) is 5. The predicted molar refractivity (Wildman–Crippen MR) is 222 cm³/mol. The Morgan fingerprint density at radius 3 is 1.40 bits per heavy atom. The van der Waals surface area contributed by atoms with Crippen LogP contribution in [0.2, 0.25) is 0 Å². The van der Waals surface area contributed by atoms with E-state index in [1.54, 1.807) is 0 Å². The van der Waals surface area contributed by atoms with Gasteiger partial charge in [-0.2, -0.15) is 0 Å². The summed E-state index contributed by atoms with van der Waals surface area (Å²) in [5.74, 6) is -0.0141. The molecule has 0 bridgehead atoms. The van der Waals surface area contributed by atoms with Gasteiger partial charge in [-0.05, 0) is 65.1 Å². The molecule has 0 saturated heterocycles. The maximum Gasteiger partial charge on any atom is 0.305 e. The Morgan fingerprint density at radius 1 is 0.520 bits per heavy atom. The van der Waals surface area contributed by atoms with E-state index in [2.05, 4.69) is 44.8 Å². The largest absolute Gasteiger partial charge is 0.466 e. The van der Waals surface area contributed by atoms with Gasteiger partial charge in [0.25, 0.3) is 0 Å². The molecular weight excluding hydrogens is 617 g/mol. The molecule has 1 unspecified atom stereocenters. The summed E-state index contributed by atoms with van der Waals surface area (Å²) in [5, 5.41) is 13.2. The van der Waals surface area contributed by atoms with Crippen molar-refractivity contribution in [3.8, 4) is 0 Å². The van der Waals surface area contributed by atoms with Gasteiger partial charge in [-0.25, -0.2) is 0 Å². The highest BCUT2D eigenvalue weighted by Crippen LogP contribution is 2.12. The lowest BCUT2D eigenvalue weighted by Crippen LogP contribution is -2.29. The van der Waals surface area contributed by atoms with Crippen LogP contribution in [-0.4, -0.2) is 61.4 Å². The molecule has 0 aromatic rings. The molecule has 0 fully saturated rings. The van der Waals surface area contributed by atoms with Gasteiger partial charge >= 0.3 is 5.97 Å². The van der Waals surface area contributed by atoms with E-state index in [-0.39, 0.29) is 12.6 Å². The van der Waals surface area contributed by atoms with Gasteiger partial charge in [0.15, 0.2) is 0 Å². The first-order valence-electron chi connectivity index (χ1n) is 22.8. The number of hydrogen-bond donors (Lipinski definition) is 2. The first kappa shape index (κ1) is 51.5. The zero-order valence-electron chi connectivity index (χ0n) is 35.2. The molecule has 0 aromatic carbocycles. The number of aliphatic hydroxyl groups excluding tert-OH is 1. The molecule has 0 spiro atoms. The molecule has 302 valence electrons. The van der Waals surface area contributed by atoms with Crippen LogP contribution in [0.25, 0.3) is 0 Å². The van der Waals surface area contributed by atoms with Crippen molar-refractivity contribution < 1.29 is 14.6 Å². The van der Waals surface area contributed by atoms with Gasteiger partial charge in [-0.15, -0.1) is 0 Å². The molecule has 0 radical (unpaired) electrons. The van der Waals surface area contributed by atoms with Crippen molar-refractivity contribution in [1.29, 1.82) is 0 Å². The number of aliphatic hydroxyl groups is 1. The Balaban J connectivity index is 0. The molecule has 0 aliphatic heterocycles. The number of carbonyl (C=O) groups is 1. The number of nitrogens with zero attached hydrogens (tertiary/aromatic N) is 1. The highest BCUT2D eigenvalue weighted by molar-refractivity contribution is 5.69. The topological polar surface area (TPSA) is 61.8 Å². The zero-order valence-corrected chi connectivity index (χ0v) is 35.2. The fourth-order valence-electron chi connectivity index (χ4n) is 6.63. The molecular formula is C45H94N2O3. The number of carbonyl (C=O) groups excluding carboxylic acids is 1. The highest BCUT2D eigenvalue weighted by atomic mass is 16.5. The quantitative estimate of drug-likeness (QED) is 0.0490. The molecule has 5 heteroatoms. The summed E-state index contributed by atoms with van der Waals surface area (Å²) in [7, 11) is 0. The van der Waals surface area contributed by atoms with E-state index in [9.17, 15) is 9.90 Å². The van der Waals surface area contributed by atoms with E-state index < -0.39 is 0 Å². The summed E-state index contributed by atoms with van der Waals surface area (Å²) in [5.41, 5.74) is 0. The maximum absolute atomic E-state index is 11.9. The van der Waals surface area contributed by atoms with Crippen molar-refractivity contribution in [3.05, 3.63) is 0 Å². The molecule has 0 aromatic heterocycles. The van der Waals surface area contributed by atoms with Gasteiger partial charge in [0.05, 0.1) is 13.2 Å². The third kappa shape index (κ3) is 45.4. The number of esters is 1. The molecule has 0 heterocycles. The van der Waals surface area contributed by atoms with Gasteiger partial charge in [0.2, 0.25) is 0 Å². The van der Waals surface area contributed by atoms with Crippen molar-refractivity contribution in [1.82, 2.24) is 10.2 Å². The highest BCUT2D eigenvalue weighted by Gasteiger charge is 2.06. The second-order valence-corrected chi connectivity index (χ2v) is 15.4. The maximum atomic E-state index is 11.9. The van der Waals surface area contributed by atoms with Crippen molar-refractivity contribution >= 4 is 5.97 Å². The normalized spacial score (nSPS) is 11.9. The first-order valence-corrected chi connectivity index (χ1v) is 22.8. The summed E-state index contributed by atoms with van der Waals surface area (Å²) in [4.78, 5) is 14.3. The number of rotatable bonds is 40. The van der Waals surface area contributed by atoms with Crippen LogP contribution >= 0.6 is 0 Å². The van der Waals surface area contributed by atoms with Gasteiger partial charge in [0.1, 0.15) is 0 Å². The number of ether oxygens (including phenoxy) is 1. The van der Waals surface area contributed by atoms with E-state index in [1.165, 1.54) is 186 Å². The molecule has 1 atom stereocenters. The van der Waals surface area contributed by atoms with Crippen molar-refractivity contribution in [2.45, 2.75) is 246 Å². The molecule has 0 amide bonds. The third-order valence-corrected chi connectivity index (χ3v) is 10.1. The fraction of sp³-hybridized carbons (Fsp3) is 0.978. The Bertz CT molecular complexity index is 611. The minimum absolute atomic E-state index is 0.0141. The standard InChI is InChI=1S/C36H74N2O3.C9H20/c1-4-6-8-10-12-20-26-34-41-36(40)28-22-16-14-19-25-31-38(32-33-39)30-24-18-13-15-21-27-35(3)37-29-23-17-11-9-7-5-2;1-3-5-7-9-8-6-4-2/h35,37,39H,4-34H2,1-3H3;3-9H2,1-2H3. The van der Waals surface area contributed by atoms with Crippen LogP contribution in [0.4, 0.5) is 0 Å². The monoisotopic (exact) mass is 711 g/mol. The lowest BCUT2D eigenvalue weighted by molar-refractivity contribution is -0.143. The second kappa shape index (κ2) is 46.4. The first-order chi connectivity index (χ1) is 24.5. The SMILES string of the molecule is CCCCCCCCC.CCCCCCCCCOC(=O)CCCCCCCN(CCO)CCCCCCCC(C)NCCCCCCCC. The third-order valence-electron chi connectivity index (χ3n) is 10.1. The lowest BCUT2D eigenvalue weighted by atomic mass is 10.1. The van der Waals surface area contributed by atoms with E-state index >= 15 is 0 Å². The number of nitrogens with one attached hydrogen (secondary N) is 1. The van der Waals surface area contributed by atoms with Gasteiger partial charge in [0, 0.05) is 19.0 Å². The average Bonchev–Trinajstić information content (AvgIpc) is 3.11. The van der Waals surface area contributed by atoms with Gasteiger partial charge in [-0.1, -0.05) is 188 Å². The van der Waals surface area contributed by atoms with Crippen LogP contribution in [0.15, 0.2) is 0 Å². The van der Waals surface area contributed by atoms with E-state index in [0.29, 0.717) is 19.1 Å². The van der Waals surface area contributed by atoms with Crippen LogP contribution < -0.4 is 5.32 Å². The van der Waals surface area contributed by atoms with Crippen LogP contribution in [-0.2, 0) is 9.53 Å². The van der Waals surface area contributed by atoms with Crippen molar-refractivity contribution in [3.63, 3.8) is 0 Å². The summed E-state index contributed by atoms with van der Waals surface area (Å²) in [6.07, 6.45) is 41.0. The van der Waals surface area contributed by atoms with E-state index in [1.807, 2.05) is 0 Å². The zero-order chi connectivity index (χ0) is 37.0. The minimum atomic E-state index is -0.0141. The summed E-state index contributed by atoms with van der Waals surface area (Å²) < 4.78 is 5.39. The average molecular weight is 711 g/mol. The van der Waals surface area contributed by atoms with Gasteiger partial charge < -0.3 is 20.1 Å². The van der Waals surface area contributed by atoms with Crippen molar-refractivity contribution in [2.75, 3.05) is 39.4 Å². The van der Waals surface area contributed by atoms with Crippen LogP contribution in [0, 0.1) is 0 Å². The molecule has 0 rings (SSSR count). The summed E-state index contributed by atoms with van der Waals surface area (Å²) in [6, 6.07) is 0.652. The smallest absolute Gasteiger partial charge is 0.305 e. The van der Waals surface area contributed by atoms with E-state index in [4.69, 9.17) is 4.74 Å². The molecule has 5 nitrogen and oxygen atoms in total. The van der Waals surface area contributed by atoms with Crippen molar-refractivity contribution in [2.24, 2.45) is 0 Å². The Kier molecular flexibility index (Phi) is 47.7. The van der Waals surface area contributed by atoms with Crippen LogP contribution in [0.5, 0.6) is 0 Å². The molecule has 0 aliphatic carbocycles. The number of unbranched alkanes of at least 4 members (excludes halogenated alkanes) is 25. The van der Waals surface area contributed by atoms with Crippen LogP contribution in [0.1, 0.15) is 240 Å². The minimum Gasteiger partial charge on any atom is -0.466 e. The molecule has 0 aliphatic rings. The van der Waals surface area contributed by atoms with E-state index in [0.717, 1.165) is 38.9 Å². The molecule has 0 saturated carbocycles. The summed E-state index contributed by atoms with van der Waals surface area (Å²) in [6.45, 7) is 16.4. The Labute approximate surface area is 315 Å². The second-order valence-electron chi connectivity index (χ2n) is 15.4. The van der Waals surface area contributed by atoms with Crippen LogP contribution in [0.3, 0.4) is 0 Å². The fourth-order valence-corrected chi connectivity index (χ4v) is 6.63. The predicted octanol–water partition coefficient (Wildman–Crippen LogP) is 13.4. The molecule has 50 heavy (non-hydrogen) atoms. The Hall–Kier alpha value is -0.650.